The molecule has 5 rings (SSSR count). The van der Waals surface area contributed by atoms with E-state index in [4.69, 9.17) is 9.47 Å². The van der Waals surface area contributed by atoms with Crippen LogP contribution in [0, 0.1) is 23.7 Å². The van der Waals surface area contributed by atoms with Gasteiger partial charge in [-0.05, 0) is 62.7 Å². The van der Waals surface area contributed by atoms with Crippen LogP contribution in [-0.2, 0) is 9.47 Å². The van der Waals surface area contributed by atoms with Gasteiger partial charge < -0.3 is 9.47 Å². The van der Waals surface area contributed by atoms with Gasteiger partial charge in [0.2, 0.25) is 0 Å². The summed E-state index contributed by atoms with van der Waals surface area (Å²) >= 11 is 0. The highest BCUT2D eigenvalue weighted by atomic mass is 16.6. The summed E-state index contributed by atoms with van der Waals surface area (Å²) in [6, 6.07) is 0. The van der Waals surface area contributed by atoms with Gasteiger partial charge in [0.1, 0.15) is 0 Å². The molecular weight excluding hydrogens is 254 g/mol. The SMILES string of the molecule is CCOC(=O)N1CCOCC12C1CC3CC(C1)CC2C3. The van der Waals surface area contributed by atoms with E-state index in [1.54, 1.807) is 0 Å². The van der Waals surface area contributed by atoms with Crippen molar-refractivity contribution < 1.29 is 14.3 Å². The van der Waals surface area contributed by atoms with Crippen LogP contribution >= 0.6 is 0 Å². The largest absolute Gasteiger partial charge is 0.450 e. The Balaban J connectivity index is 1.67. The van der Waals surface area contributed by atoms with Gasteiger partial charge in [-0.25, -0.2) is 4.79 Å². The molecule has 4 nitrogen and oxygen atoms in total. The molecule has 4 saturated carbocycles. The fourth-order valence-corrected chi connectivity index (χ4v) is 5.82. The molecule has 1 spiro atoms. The lowest BCUT2D eigenvalue weighted by atomic mass is 9.48. The third kappa shape index (κ3) is 1.66. The predicted molar refractivity (Wildman–Crippen MR) is 74.3 cm³/mol. The number of hydrogen-bond donors (Lipinski definition) is 0. The number of morpholine rings is 1. The summed E-state index contributed by atoms with van der Waals surface area (Å²) in [7, 11) is 0. The highest BCUT2D eigenvalue weighted by Crippen LogP contribution is 2.60. The summed E-state index contributed by atoms with van der Waals surface area (Å²) in [6.07, 6.45) is 6.52. The lowest BCUT2D eigenvalue weighted by Gasteiger charge is -2.65. The summed E-state index contributed by atoms with van der Waals surface area (Å²) < 4.78 is 11.2. The van der Waals surface area contributed by atoms with Crippen molar-refractivity contribution >= 4 is 6.09 Å². The predicted octanol–water partition coefficient (Wildman–Crippen LogP) is 2.67. The van der Waals surface area contributed by atoms with Crippen LogP contribution in [0.3, 0.4) is 0 Å². The van der Waals surface area contributed by atoms with E-state index in [9.17, 15) is 4.79 Å². The van der Waals surface area contributed by atoms with Crippen LogP contribution in [0.2, 0.25) is 0 Å². The van der Waals surface area contributed by atoms with E-state index >= 15 is 0 Å². The Morgan fingerprint density at radius 3 is 2.45 bits per heavy atom. The zero-order valence-corrected chi connectivity index (χ0v) is 12.3. The van der Waals surface area contributed by atoms with Crippen LogP contribution in [0.1, 0.15) is 39.0 Å². The molecule has 1 aliphatic heterocycles. The minimum Gasteiger partial charge on any atom is -0.450 e. The molecule has 0 atom stereocenters. The van der Waals surface area contributed by atoms with Gasteiger partial charge in [0.25, 0.3) is 0 Å². The van der Waals surface area contributed by atoms with E-state index in [2.05, 4.69) is 4.90 Å². The Morgan fingerprint density at radius 1 is 1.20 bits per heavy atom. The molecule has 5 fully saturated rings. The molecule has 0 radical (unpaired) electrons. The number of amides is 1. The summed E-state index contributed by atoms with van der Waals surface area (Å²) in [6.45, 7) is 4.46. The van der Waals surface area contributed by atoms with Crippen molar-refractivity contribution in [1.82, 2.24) is 4.90 Å². The highest BCUT2D eigenvalue weighted by molar-refractivity contribution is 5.69. The van der Waals surface area contributed by atoms with Crippen LogP contribution in [0.25, 0.3) is 0 Å². The second kappa shape index (κ2) is 4.62. The van der Waals surface area contributed by atoms with Crippen LogP contribution in [0.15, 0.2) is 0 Å². The lowest BCUT2D eigenvalue weighted by molar-refractivity contribution is -0.181. The maximum absolute atomic E-state index is 12.4. The van der Waals surface area contributed by atoms with Crippen LogP contribution in [-0.4, -0.2) is 42.9 Å². The molecule has 1 saturated heterocycles. The number of hydrogen-bond acceptors (Lipinski definition) is 3. The van der Waals surface area contributed by atoms with Crippen LogP contribution < -0.4 is 0 Å². The topological polar surface area (TPSA) is 38.8 Å². The van der Waals surface area contributed by atoms with Crippen LogP contribution in [0.4, 0.5) is 4.79 Å². The van der Waals surface area contributed by atoms with E-state index < -0.39 is 0 Å². The monoisotopic (exact) mass is 279 g/mol. The van der Waals surface area contributed by atoms with Crippen molar-refractivity contribution in [3.05, 3.63) is 0 Å². The molecule has 112 valence electrons. The van der Waals surface area contributed by atoms with E-state index in [-0.39, 0.29) is 11.6 Å². The maximum atomic E-state index is 12.4. The Morgan fingerprint density at radius 2 is 1.85 bits per heavy atom. The van der Waals surface area contributed by atoms with Crippen molar-refractivity contribution in [2.45, 2.75) is 44.6 Å². The van der Waals surface area contributed by atoms with E-state index in [0.717, 1.165) is 18.4 Å². The third-order valence-electron chi connectivity index (χ3n) is 6.34. The zero-order valence-electron chi connectivity index (χ0n) is 12.3. The van der Waals surface area contributed by atoms with E-state index in [0.29, 0.717) is 31.6 Å². The van der Waals surface area contributed by atoms with Crippen molar-refractivity contribution in [1.29, 1.82) is 0 Å². The first kappa shape index (κ1) is 12.9. The molecule has 1 amide bonds. The van der Waals surface area contributed by atoms with E-state index in [1.165, 1.54) is 32.1 Å². The fourth-order valence-electron chi connectivity index (χ4n) is 5.82. The normalized spacial score (nSPS) is 46.0. The van der Waals surface area contributed by atoms with E-state index in [1.807, 2.05) is 6.92 Å². The first-order chi connectivity index (χ1) is 9.74. The first-order valence-electron chi connectivity index (χ1n) is 8.26. The first-order valence-corrected chi connectivity index (χ1v) is 8.26. The molecular formula is C16H25NO3. The molecule has 4 aliphatic carbocycles. The number of ether oxygens (including phenoxy) is 2. The van der Waals surface area contributed by atoms with Crippen molar-refractivity contribution in [2.75, 3.05) is 26.4 Å². The van der Waals surface area contributed by atoms with Gasteiger partial charge in [0.15, 0.2) is 0 Å². The molecule has 0 aromatic heterocycles. The summed E-state index contributed by atoms with van der Waals surface area (Å²) in [5.74, 6) is 3.11. The minimum absolute atomic E-state index is 0.0437. The Labute approximate surface area is 120 Å². The van der Waals surface area contributed by atoms with Gasteiger partial charge in [-0.15, -0.1) is 0 Å². The second-order valence-electron chi connectivity index (χ2n) is 7.20. The summed E-state index contributed by atoms with van der Waals surface area (Å²) in [4.78, 5) is 14.5. The fraction of sp³-hybridized carbons (Fsp3) is 0.938. The summed E-state index contributed by atoms with van der Waals surface area (Å²) in [5.41, 5.74) is -0.0437. The Hall–Kier alpha value is -0.770. The van der Waals surface area contributed by atoms with Gasteiger partial charge in [-0.1, -0.05) is 0 Å². The standard InChI is InChI=1S/C16H25NO3/c1-2-20-15(18)17-3-4-19-10-16(17)13-6-11-5-12(8-13)9-14(16)7-11/h11-14H,2-10H2,1H3. The number of rotatable bonds is 1. The lowest BCUT2D eigenvalue weighted by Crippen LogP contribution is -2.71. The van der Waals surface area contributed by atoms with Crippen molar-refractivity contribution in [3.8, 4) is 0 Å². The van der Waals surface area contributed by atoms with Gasteiger partial charge >= 0.3 is 6.09 Å². The second-order valence-corrected chi connectivity index (χ2v) is 7.20. The van der Waals surface area contributed by atoms with Gasteiger partial charge in [-0.2, -0.15) is 0 Å². The Kier molecular flexibility index (Phi) is 2.99. The van der Waals surface area contributed by atoms with Crippen LogP contribution in [0.5, 0.6) is 0 Å². The Bertz CT molecular complexity index is 381. The molecule has 0 unspecified atom stereocenters. The third-order valence-corrected chi connectivity index (χ3v) is 6.34. The average Bonchev–Trinajstić information content (AvgIpc) is 2.44. The number of carbonyl (C=O) groups excluding carboxylic acids is 1. The van der Waals surface area contributed by atoms with Gasteiger partial charge in [0, 0.05) is 6.54 Å². The smallest absolute Gasteiger partial charge is 0.410 e. The molecule has 20 heavy (non-hydrogen) atoms. The maximum Gasteiger partial charge on any atom is 0.410 e. The molecule has 5 aliphatic rings. The molecule has 4 bridgehead atoms. The number of carbonyl (C=O) groups is 1. The molecule has 0 N–H and O–H groups in total. The minimum atomic E-state index is -0.108. The van der Waals surface area contributed by atoms with Gasteiger partial charge in [0.05, 0.1) is 25.4 Å². The highest BCUT2D eigenvalue weighted by Gasteiger charge is 2.62. The number of nitrogens with zero attached hydrogens (tertiary/aromatic N) is 1. The van der Waals surface area contributed by atoms with Crippen molar-refractivity contribution in [3.63, 3.8) is 0 Å². The van der Waals surface area contributed by atoms with Gasteiger partial charge in [-0.3, -0.25) is 4.90 Å². The molecule has 4 heteroatoms. The quantitative estimate of drug-likeness (QED) is 0.740. The average molecular weight is 279 g/mol. The molecule has 0 aromatic carbocycles. The molecule has 0 aromatic rings. The molecule has 1 heterocycles. The summed E-state index contributed by atoms with van der Waals surface area (Å²) in [5, 5.41) is 0. The van der Waals surface area contributed by atoms with Crippen molar-refractivity contribution in [2.24, 2.45) is 23.7 Å². The zero-order chi connectivity index (χ0) is 13.7.